The van der Waals surface area contributed by atoms with Gasteiger partial charge in [0.05, 0.1) is 9.88 Å². The minimum Gasteiger partial charge on any atom is -0.355 e. The zero-order chi connectivity index (χ0) is 20.6. The summed E-state index contributed by atoms with van der Waals surface area (Å²) in [6.07, 6.45) is 0. The van der Waals surface area contributed by atoms with Gasteiger partial charge in [0.25, 0.3) is 11.8 Å². The number of hydrogen-bond acceptors (Lipinski definition) is 4. The summed E-state index contributed by atoms with van der Waals surface area (Å²) in [5.74, 6) is -0.391. The van der Waals surface area contributed by atoms with Crippen molar-refractivity contribution in [3.8, 4) is 0 Å². The summed E-state index contributed by atoms with van der Waals surface area (Å²) in [5.41, 5.74) is 2.12. The highest BCUT2D eigenvalue weighted by Crippen LogP contribution is 2.22. The van der Waals surface area contributed by atoms with Gasteiger partial charge in [0.2, 0.25) is 0 Å². The number of carbonyl (C=O) groups is 3. The van der Waals surface area contributed by atoms with Crippen molar-refractivity contribution in [1.29, 1.82) is 0 Å². The average Bonchev–Trinajstić information content (AvgIpc) is 3.21. The Bertz CT molecular complexity index is 1000. The van der Waals surface area contributed by atoms with Gasteiger partial charge in [-0.3, -0.25) is 14.9 Å². The highest BCUT2D eigenvalue weighted by molar-refractivity contribution is 7.18. The van der Waals surface area contributed by atoms with E-state index in [0.29, 0.717) is 27.7 Å². The number of hydrogen-bond donors (Lipinski definition) is 4. The van der Waals surface area contributed by atoms with Crippen LogP contribution < -0.4 is 21.3 Å². The van der Waals surface area contributed by atoms with Crippen LogP contribution in [0.2, 0.25) is 0 Å². The fraction of sp³-hybridized carbons (Fsp3) is 0.0952. The van der Waals surface area contributed by atoms with Crippen molar-refractivity contribution in [1.82, 2.24) is 10.6 Å². The standard InChI is InChI=1S/C21H20N4O3S/c1-22-19(26)15-9-7-14(8-10-15)13-23-20(27)17-11-12-18(29-17)25-21(28)24-16-5-3-2-4-6-16/h2-12H,13H2,1H3,(H,22,26)(H,23,27)(H2,24,25,28). The van der Waals surface area contributed by atoms with E-state index in [9.17, 15) is 14.4 Å². The van der Waals surface area contributed by atoms with Crippen molar-refractivity contribution >= 4 is 39.9 Å². The fourth-order valence-electron chi connectivity index (χ4n) is 2.51. The molecule has 0 unspecified atom stereocenters. The van der Waals surface area contributed by atoms with E-state index < -0.39 is 0 Å². The molecule has 4 amide bonds. The van der Waals surface area contributed by atoms with Crippen LogP contribution in [0.25, 0.3) is 0 Å². The van der Waals surface area contributed by atoms with Gasteiger partial charge in [0, 0.05) is 24.8 Å². The molecule has 4 N–H and O–H groups in total. The molecular weight excluding hydrogens is 388 g/mol. The Morgan fingerprint density at radius 2 is 1.55 bits per heavy atom. The Labute approximate surface area is 172 Å². The summed E-state index contributed by atoms with van der Waals surface area (Å²) >= 11 is 1.19. The van der Waals surface area contributed by atoms with Crippen LogP contribution in [0.5, 0.6) is 0 Å². The van der Waals surface area contributed by atoms with Crippen molar-refractivity contribution in [3.05, 3.63) is 82.7 Å². The molecule has 0 bridgehead atoms. The second-order valence-corrected chi connectivity index (χ2v) is 7.15. The van der Waals surface area contributed by atoms with Crippen molar-refractivity contribution in [2.75, 3.05) is 17.7 Å². The fourth-order valence-corrected chi connectivity index (χ4v) is 3.33. The Morgan fingerprint density at radius 3 is 2.24 bits per heavy atom. The number of benzene rings is 2. The molecule has 0 fully saturated rings. The van der Waals surface area contributed by atoms with E-state index in [2.05, 4.69) is 21.3 Å². The van der Waals surface area contributed by atoms with Crippen molar-refractivity contribution in [2.24, 2.45) is 0 Å². The Kier molecular flexibility index (Phi) is 6.59. The van der Waals surface area contributed by atoms with Gasteiger partial charge in [-0.1, -0.05) is 30.3 Å². The third-order valence-electron chi connectivity index (χ3n) is 3.99. The zero-order valence-electron chi connectivity index (χ0n) is 15.7. The molecule has 0 saturated carbocycles. The molecule has 3 aromatic rings. The number of thiophene rings is 1. The van der Waals surface area contributed by atoms with Crippen LogP contribution in [0, 0.1) is 0 Å². The van der Waals surface area contributed by atoms with Gasteiger partial charge < -0.3 is 16.0 Å². The number of nitrogens with one attached hydrogen (secondary N) is 4. The quantitative estimate of drug-likeness (QED) is 0.501. The SMILES string of the molecule is CNC(=O)c1ccc(CNC(=O)c2ccc(NC(=O)Nc3ccccc3)s2)cc1. The number of rotatable bonds is 6. The van der Waals surface area contributed by atoms with Crippen LogP contribution in [-0.2, 0) is 6.54 Å². The summed E-state index contributed by atoms with van der Waals surface area (Å²) in [7, 11) is 1.58. The summed E-state index contributed by atoms with van der Waals surface area (Å²) in [4.78, 5) is 36.4. The smallest absolute Gasteiger partial charge is 0.324 e. The summed E-state index contributed by atoms with van der Waals surface area (Å²) in [5, 5.41) is 11.4. The molecule has 8 heteroatoms. The molecule has 7 nitrogen and oxygen atoms in total. The average molecular weight is 408 g/mol. The minimum atomic E-state index is -0.374. The van der Waals surface area contributed by atoms with Gasteiger partial charge in [-0.2, -0.15) is 0 Å². The van der Waals surface area contributed by atoms with Crippen LogP contribution >= 0.6 is 11.3 Å². The molecular formula is C21H20N4O3S. The van der Waals surface area contributed by atoms with E-state index in [0.717, 1.165) is 5.56 Å². The Balaban J connectivity index is 1.51. The number of amides is 4. The first kappa shape index (κ1) is 20.1. The molecule has 0 aliphatic rings. The second kappa shape index (κ2) is 9.52. The maximum atomic E-state index is 12.3. The van der Waals surface area contributed by atoms with Crippen LogP contribution in [0.4, 0.5) is 15.5 Å². The molecule has 0 atom stereocenters. The lowest BCUT2D eigenvalue weighted by Gasteiger charge is -2.06. The Hall–Kier alpha value is -3.65. The van der Waals surface area contributed by atoms with Crippen LogP contribution in [0.15, 0.2) is 66.7 Å². The minimum absolute atomic E-state index is 0.157. The molecule has 3 rings (SSSR count). The molecule has 0 saturated heterocycles. The largest absolute Gasteiger partial charge is 0.355 e. The van der Waals surface area contributed by atoms with Crippen molar-refractivity contribution in [2.45, 2.75) is 6.54 Å². The van der Waals surface area contributed by atoms with Crippen LogP contribution in [-0.4, -0.2) is 24.9 Å². The van der Waals surface area contributed by atoms with Gasteiger partial charge in [-0.15, -0.1) is 11.3 Å². The maximum absolute atomic E-state index is 12.3. The van der Waals surface area contributed by atoms with E-state index in [1.54, 1.807) is 55.6 Å². The van der Waals surface area contributed by atoms with Crippen molar-refractivity contribution in [3.63, 3.8) is 0 Å². The molecule has 0 spiro atoms. The molecule has 2 aromatic carbocycles. The summed E-state index contributed by atoms with van der Waals surface area (Å²) < 4.78 is 0. The predicted molar refractivity (Wildman–Crippen MR) is 114 cm³/mol. The highest BCUT2D eigenvalue weighted by atomic mass is 32.1. The van der Waals surface area contributed by atoms with E-state index in [-0.39, 0.29) is 17.8 Å². The number of carbonyl (C=O) groups excluding carboxylic acids is 3. The van der Waals surface area contributed by atoms with E-state index in [1.807, 2.05) is 18.2 Å². The van der Waals surface area contributed by atoms with Crippen molar-refractivity contribution < 1.29 is 14.4 Å². The number of para-hydroxylation sites is 1. The van der Waals surface area contributed by atoms with E-state index >= 15 is 0 Å². The van der Waals surface area contributed by atoms with Gasteiger partial charge >= 0.3 is 6.03 Å². The first-order chi connectivity index (χ1) is 14.0. The monoisotopic (exact) mass is 408 g/mol. The zero-order valence-corrected chi connectivity index (χ0v) is 16.5. The lowest BCUT2D eigenvalue weighted by Crippen LogP contribution is -2.22. The molecule has 0 aliphatic carbocycles. The van der Waals surface area contributed by atoms with Crippen LogP contribution in [0.1, 0.15) is 25.6 Å². The summed E-state index contributed by atoms with van der Waals surface area (Å²) in [6, 6.07) is 19.1. The molecule has 0 aliphatic heterocycles. The van der Waals surface area contributed by atoms with Gasteiger partial charge in [0.1, 0.15) is 0 Å². The molecule has 1 aromatic heterocycles. The van der Waals surface area contributed by atoms with Gasteiger partial charge in [-0.25, -0.2) is 4.79 Å². The molecule has 0 radical (unpaired) electrons. The van der Waals surface area contributed by atoms with Gasteiger partial charge in [-0.05, 0) is 42.0 Å². The van der Waals surface area contributed by atoms with Crippen LogP contribution in [0.3, 0.4) is 0 Å². The third kappa shape index (κ3) is 5.66. The first-order valence-corrected chi connectivity index (χ1v) is 9.69. The molecule has 148 valence electrons. The first-order valence-electron chi connectivity index (χ1n) is 8.87. The molecule has 1 heterocycles. The lowest BCUT2D eigenvalue weighted by atomic mass is 10.1. The topological polar surface area (TPSA) is 99.3 Å². The third-order valence-corrected chi connectivity index (χ3v) is 4.99. The van der Waals surface area contributed by atoms with E-state index in [4.69, 9.17) is 0 Å². The number of anilines is 2. The second-order valence-electron chi connectivity index (χ2n) is 6.07. The highest BCUT2D eigenvalue weighted by Gasteiger charge is 2.11. The molecule has 29 heavy (non-hydrogen) atoms. The number of urea groups is 1. The Morgan fingerprint density at radius 1 is 0.828 bits per heavy atom. The predicted octanol–water partition coefficient (Wildman–Crippen LogP) is 3.68. The van der Waals surface area contributed by atoms with Gasteiger partial charge in [0.15, 0.2) is 0 Å². The summed E-state index contributed by atoms with van der Waals surface area (Å²) in [6.45, 7) is 0.335. The van der Waals surface area contributed by atoms with E-state index in [1.165, 1.54) is 11.3 Å². The lowest BCUT2D eigenvalue weighted by molar-refractivity contribution is 0.0949. The maximum Gasteiger partial charge on any atom is 0.324 e. The normalized spacial score (nSPS) is 10.1.